The molecule has 0 aliphatic heterocycles. The Morgan fingerprint density at radius 3 is 2.42 bits per heavy atom. The molecule has 1 unspecified atom stereocenters. The van der Waals surface area contributed by atoms with E-state index in [9.17, 15) is 14.4 Å². The van der Waals surface area contributed by atoms with E-state index in [1.54, 1.807) is 0 Å². The zero-order chi connectivity index (χ0) is 14.7. The largest absolute Gasteiger partial charge is 0.481 e. The molecule has 8 heteroatoms. The molecule has 0 bridgehead atoms. The molecule has 0 radical (unpaired) electrons. The second-order valence-corrected chi connectivity index (χ2v) is 3.85. The molecule has 0 saturated carbocycles. The van der Waals surface area contributed by atoms with Crippen LogP contribution < -0.4 is 10.6 Å². The lowest BCUT2D eigenvalue weighted by atomic mass is 10.2. The third kappa shape index (κ3) is 9.83. The fraction of sp³-hybridized carbons (Fsp3) is 0.727. The molecular weight excluding hydrogens is 256 g/mol. The Morgan fingerprint density at radius 2 is 1.89 bits per heavy atom. The number of carbonyl (C=O) groups is 3. The number of amides is 2. The lowest BCUT2D eigenvalue weighted by Crippen LogP contribution is -2.47. The van der Waals surface area contributed by atoms with E-state index in [0.29, 0.717) is 13.2 Å². The highest BCUT2D eigenvalue weighted by atomic mass is 16.5. The van der Waals surface area contributed by atoms with Crippen LogP contribution in [0.3, 0.4) is 0 Å². The van der Waals surface area contributed by atoms with Crippen molar-refractivity contribution in [1.82, 2.24) is 10.6 Å². The van der Waals surface area contributed by atoms with Gasteiger partial charge < -0.3 is 25.6 Å². The lowest BCUT2D eigenvalue weighted by Gasteiger charge is -2.13. The molecular formula is C11H20N2O6. The van der Waals surface area contributed by atoms with E-state index in [0.717, 1.165) is 12.8 Å². The number of ether oxygens (including phenoxy) is 1. The van der Waals surface area contributed by atoms with Gasteiger partial charge in [-0.15, -0.1) is 0 Å². The Labute approximate surface area is 111 Å². The van der Waals surface area contributed by atoms with Crippen LogP contribution in [0.25, 0.3) is 0 Å². The Balaban J connectivity index is 3.81. The number of carboxylic acids is 2. The van der Waals surface area contributed by atoms with E-state index in [2.05, 4.69) is 10.6 Å². The molecule has 2 amide bonds. The summed E-state index contributed by atoms with van der Waals surface area (Å²) in [6.45, 7) is 3.19. The number of hydrogen-bond acceptors (Lipinski definition) is 4. The Hall–Kier alpha value is -1.83. The molecule has 0 saturated heterocycles. The van der Waals surface area contributed by atoms with Crippen LogP contribution in [0.5, 0.6) is 0 Å². The van der Waals surface area contributed by atoms with Gasteiger partial charge in [0.2, 0.25) is 0 Å². The van der Waals surface area contributed by atoms with Crippen LogP contribution in [0.4, 0.5) is 4.79 Å². The topological polar surface area (TPSA) is 125 Å². The minimum atomic E-state index is -1.45. The second kappa shape index (κ2) is 10.1. The lowest BCUT2D eigenvalue weighted by molar-refractivity contribution is -0.145. The molecule has 1 atom stereocenters. The monoisotopic (exact) mass is 276 g/mol. The van der Waals surface area contributed by atoms with E-state index in [4.69, 9.17) is 14.9 Å². The summed E-state index contributed by atoms with van der Waals surface area (Å²) in [4.78, 5) is 32.4. The summed E-state index contributed by atoms with van der Waals surface area (Å²) in [5, 5.41) is 21.6. The van der Waals surface area contributed by atoms with Gasteiger partial charge >= 0.3 is 18.0 Å². The summed E-state index contributed by atoms with van der Waals surface area (Å²) in [6.07, 6.45) is 1.28. The molecule has 110 valence electrons. The maximum atomic E-state index is 11.3. The number of unbranched alkanes of at least 4 members (excludes halogenated alkanes) is 1. The molecule has 19 heavy (non-hydrogen) atoms. The highest BCUT2D eigenvalue weighted by molar-refractivity contribution is 5.86. The van der Waals surface area contributed by atoms with Crippen LogP contribution in [0.2, 0.25) is 0 Å². The standard InChI is InChI=1S/C11H20N2O6/c1-2-3-5-19-6-4-12-11(18)13-8(10(16)17)7-9(14)15/h8H,2-7H2,1H3,(H,14,15)(H,16,17)(H2,12,13,18). The summed E-state index contributed by atoms with van der Waals surface area (Å²) < 4.78 is 5.19. The van der Waals surface area contributed by atoms with Crippen LogP contribution >= 0.6 is 0 Å². The first-order valence-electron chi connectivity index (χ1n) is 6.04. The van der Waals surface area contributed by atoms with Crippen LogP contribution in [-0.2, 0) is 14.3 Å². The smallest absolute Gasteiger partial charge is 0.326 e. The van der Waals surface area contributed by atoms with E-state index in [1.165, 1.54) is 0 Å². The highest BCUT2D eigenvalue weighted by Gasteiger charge is 2.22. The Bertz CT molecular complexity index is 308. The quantitative estimate of drug-likeness (QED) is 0.417. The van der Waals surface area contributed by atoms with Gasteiger partial charge in [-0.25, -0.2) is 9.59 Å². The first-order valence-corrected chi connectivity index (χ1v) is 6.04. The molecule has 8 nitrogen and oxygen atoms in total. The van der Waals surface area contributed by atoms with Gasteiger partial charge in [-0.3, -0.25) is 4.79 Å². The molecule has 0 aliphatic rings. The average Bonchev–Trinajstić information content (AvgIpc) is 2.32. The molecule has 0 aromatic heterocycles. The minimum Gasteiger partial charge on any atom is -0.481 e. The zero-order valence-corrected chi connectivity index (χ0v) is 10.8. The maximum Gasteiger partial charge on any atom is 0.326 e. The summed E-state index contributed by atoms with van der Waals surface area (Å²) in [7, 11) is 0. The predicted octanol–water partition coefficient (Wildman–Crippen LogP) is 0.0302. The second-order valence-electron chi connectivity index (χ2n) is 3.85. The highest BCUT2D eigenvalue weighted by Crippen LogP contribution is 1.92. The maximum absolute atomic E-state index is 11.3. The number of carboxylic acid groups (broad SMARTS) is 2. The van der Waals surface area contributed by atoms with Crippen LogP contribution in [0, 0.1) is 0 Å². The number of nitrogens with one attached hydrogen (secondary N) is 2. The van der Waals surface area contributed by atoms with Crippen LogP contribution in [0.15, 0.2) is 0 Å². The first-order chi connectivity index (χ1) is 8.97. The van der Waals surface area contributed by atoms with Crippen molar-refractivity contribution in [3.63, 3.8) is 0 Å². The van der Waals surface area contributed by atoms with Gasteiger partial charge in [0.25, 0.3) is 0 Å². The number of aliphatic carboxylic acids is 2. The zero-order valence-electron chi connectivity index (χ0n) is 10.8. The van der Waals surface area contributed by atoms with Crippen molar-refractivity contribution >= 4 is 18.0 Å². The normalized spacial score (nSPS) is 11.6. The Morgan fingerprint density at radius 1 is 1.21 bits per heavy atom. The van der Waals surface area contributed by atoms with E-state index < -0.39 is 30.4 Å². The SMILES string of the molecule is CCCCOCCNC(=O)NC(CC(=O)O)C(=O)O. The van der Waals surface area contributed by atoms with Gasteiger partial charge in [0, 0.05) is 13.2 Å². The third-order valence-corrected chi connectivity index (χ3v) is 2.16. The molecule has 0 spiro atoms. The molecule has 0 aliphatic carbocycles. The average molecular weight is 276 g/mol. The van der Waals surface area contributed by atoms with Crippen LogP contribution in [-0.4, -0.2) is 54.0 Å². The predicted molar refractivity (Wildman–Crippen MR) is 65.9 cm³/mol. The van der Waals surface area contributed by atoms with Crippen molar-refractivity contribution < 1.29 is 29.3 Å². The summed E-state index contributed by atoms with van der Waals surface area (Å²) in [6, 6.07) is -2.17. The van der Waals surface area contributed by atoms with Gasteiger partial charge in [0.15, 0.2) is 0 Å². The van der Waals surface area contributed by atoms with E-state index in [-0.39, 0.29) is 6.54 Å². The van der Waals surface area contributed by atoms with Crippen molar-refractivity contribution in [2.24, 2.45) is 0 Å². The molecule has 0 aromatic rings. The van der Waals surface area contributed by atoms with E-state index in [1.807, 2.05) is 6.92 Å². The number of carbonyl (C=O) groups excluding carboxylic acids is 1. The van der Waals surface area contributed by atoms with Crippen LogP contribution in [0.1, 0.15) is 26.2 Å². The number of rotatable bonds is 10. The Kier molecular flexibility index (Phi) is 9.15. The summed E-state index contributed by atoms with van der Waals surface area (Å²) in [5.41, 5.74) is 0. The first kappa shape index (κ1) is 17.2. The van der Waals surface area contributed by atoms with Crippen molar-refractivity contribution in [1.29, 1.82) is 0 Å². The summed E-state index contributed by atoms with van der Waals surface area (Å²) in [5.74, 6) is -2.69. The van der Waals surface area contributed by atoms with Crippen molar-refractivity contribution in [2.45, 2.75) is 32.2 Å². The van der Waals surface area contributed by atoms with Crippen molar-refractivity contribution in [3.8, 4) is 0 Å². The van der Waals surface area contributed by atoms with Gasteiger partial charge in [-0.1, -0.05) is 13.3 Å². The number of urea groups is 1. The number of hydrogen-bond donors (Lipinski definition) is 4. The van der Waals surface area contributed by atoms with E-state index >= 15 is 0 Å². The fourth-order valence-corrected chi connectivity index (χ4v) is 1.17. The van der Waals surface area contributed by atoms with Crippen molar-refractivity contribution in [2.75, 3.05) is 19.8 Å². The molecule has 0 aromatic carbocycles. The van der Waals surface area contributed by atoms with Gasteiger partial charge in [0.1, 0.15) is 6.04 Å². The van der Waals surface area contributed by atoms with Crippen molar-refractivity contribution in [3.05, 3.63) is 0 Å². The third-order valence-electron chi connectivity index (χ3n) is 2.16. The molecule has 4 N–H and O–H groups in total. The van der Waals surface area contributed by atoms with Gasteiger partial charge in [0.05, 0.1) is 13.0 Å². The molecule has 0 rings (SSSR count). The fourth-order valence-electron chi connectivity index (χ4n) is 1.17. The minimum absolute atomic E-state index is 0.231. The summed E-state index contributed by atoms with van der Waals surface area (Å²) >= 11 is 0. The molecule has 0 fully saturated rings. The van der Waals surface area contributed by atoms with Gasteiger partial charge in [-0.2, -0.15) is 0 Å². The van der Waals surface area contributed by atoms with Gasteiger partial charge in [-0.05, 0) is 6.42 Å². The molecule has 0 heterocycles.